The van der Waals surface area contributed by atoms with E-state index in [2.05, 4.69) is 17.1 Å². The summed E-state index contributed by atoms with van der Waals surface area (Å²) in [6.45, 7) is 4.48. The van der Waals surface area contributed by atoms with Gasteiger partial charge < -0.3 is 10.2 Å². The first-order valence-corrected chi connectivity index (χ1v) is 11.8. The van der Waals surface area contributed by atoms with Crippen molar-refractivity contribution in [3.63, 3.8) is 0 Å². The van der Waals surface area contributed by atoms with E-state index in [1.165, 1.54) is 0 Å². The number of alkyl halides is 2. The molecule has 1 heterocycles. The number of carbonyl (C=O) groups is 2. The fourth-order valence-electron chi connectivity index (χ4n) is 3.98. The van der Waals surface area contributed by atoms with E-state index in [0.717, 1.165) is 25.8 Å². The van der Waals surface area contributed by atoms with E-state index in [0.29, 0.717) is 41.0 Å². The molecule has 0 saturated carbocycles. The minimum atomic E-state index is -2.47. The number of rotatable bonds is 9. The molecule has 0 unspecified atom stereocenters. The maximum atomic E-state index is 12.7. The molecule has 0 aromatic heterocycles. The summed E-state index contributed by atoms with van der Waals surface area (Å²) in [7, 11) is 0. The number of benzene rings is 2. The van der Waals surface area contributed by atoms with Crippen LogP contribution in [0.1, 0.15) is 36.5 Å². The van der Waals surface area contributed by atoms with Gasteiger partial charge in [-0.1, -0.05) is 36.9 Å². The van der Waals surface area contributed by atoms with Gasteiger partial charge in [0, 0.05) is 35.3 Å². The second kappa shape index (κ2) is 12.0. The van der Waals surface area contributed by atoms with E-state index in [1.54, 1.807) is 24.3 Å². The summed E-state index contributed by atoms with van der Waals surface area (Å²) >= 11 is 0.480. The lowest BCUT2D eigenvalue weighted by atomic mass is 10.0. The zero-order valence-electron chi connectivity index (χ0n) is 18.2. The van der Waals surface area contributed by atoms with Gasteiger partial charge in [-0.2, -0.15) is 8.78 Å². The van der Waals surface area contributed by atoms with Crippen molar-refractivity contribution in [2.45, 2.75) is 42.9 Å². The Labute approximate surface area is 192 Å². The highest BCUT2D eigenvalue weighted by atomic mass is 32.2. The number of likely N-dealkylation sites (tertiary alicyclic amines) is 1. The molecule has 2 aromatic rings. The van der Waals surface area contributed by atoms with Gasteiger partial charge in [0.1, 0.15) is 0 Å². The van der Waals surface area contributed by atoms with Crippen LogP contribution in [-0.4, -0.2) is 59.6 Å². The molecule has 1 N–H and O–H groups in total. The van der Waals surface area contributed by atoms with Gasteiger partial charge in [-0.15, -0.1) is 0 Å². The number of thioether (sulfide) groups is 1. The smallest absolute Gasteiger partial charge is 0.288 e. The lowest BCUT2D eigenvalue weighted by Crippen LogP contribution is -2.49. The van der Waals surface area contributed by atoms with E-state index in [-0.39, 0.29) is 24.4 Å². The lowest BCUT2D eigenvalue weighted by molar-refractivity contribution is -0.118. The van der Waals surface area contributed by atoms with Crippen LogP contribution in [0.5, 0.6) is 0 Å². The molecular weight excluding hydrogens is 432 g/mol. The van der Waals surface area contributed by atoms with Gasteiger partial charge in [0.2, 0.25) is 5.91 Å². The molecule has 3 rings (SSSR count). The number of halogens is 2. The van der Waals surface area contributed by atoms with Crippen LogP contribution in [-0.2, 0) is 4.79 Å². The molecule has 2 amide bonds. The first kappa shape index (κ1) is 24.2. The molecule has 1 fully saturated rings. The second-order valence-corrected chi connectivity index (χ2v) is 8.87. The Bertz CT molecular complexity index is 873. The van der Waals surface area contributed by atoms with Crippen molar-refractivity contribution in [1.82, 2.24) is 9.80 Å². The molecule has 1 saturated heterocycles. The molecular formula is C24H29F2N3O2S. The van der Waals surface area contributed by atoms with Crippen LogP contribution in [0.4, 0.5) is 14.5 Å². The summed E-state index contributed by atoms with van der Waals surface area (Å²) in [4.78, 5) is 29.8. The van der Waals surface area contributed by atoms with E-state index in [1.807, 2.05) is 35.2 Å². The van der Waals surface area contributed by atoms with E-state index in [9.17, 15) is 18.4 Å². The summed E-state index contributed by atoms with van der Waals surface area (Å²) in [5.74, 6) is -2.54. The van der Waals surface area contributed by atoms with Crippen LogP contribution in [0.25, 0.3) is 0 Å². The highest BCUT2D eigenvalue weighted by Crippen LogP contribution is 2.26. The molecule has 0 bridgehead atoms. The predicted molar refractivity (Wildman–Crippen MR) is 124 cm³/mol. The Morgan fingerprint density at radius 3 is 2.34 bits per heavy atom. The summed E-state index contributed by atoms with van der Waals surface area (Å²) in [5, 5.41) is 2.86. The first-order chi connectivity index (χ1) is 15.5. The summed E-state index contributed by atoms with van der Waals surface area (Å²) in [5.41, 5.74) is 1.29. The molecule has 0 atom stereocenters. The molecule has 32 heavy (non-hydrogen) atoms. The monoisotopic (exact) mass is 461 g/mol. The molecule has 0 aliphatic carbocycles. The van der Waals surface area contributed by atoms with E-state index in [4.69, 9.17) is 0 Å². The third kappa shape index (κ3) is 7.03. The van der Waals surface area contributed by atoms with Crippen LogP contribution >= 0.6 is 11.8 Å². The number of carbonyl (C=O) groups excluding carboxylic acids is 2. The van der Waals surface area contributed by atoms with Crippen LogP contribution in [0.15, 0.2) is 59.5 Å². The Morgan fingerprint density at radius 1 is 1.09 bits per heavy atom. The van der Waals surface area contributed by atoms with E-state index < -0.39 is 5.76 Å². The number of hydrogen-bond acceptors (Lipinski definition) is 4. The normalized spacial score (nSPS) is 14.7. The Kier molecular flexibility index (Phi) is 9.05. The summed E-state index contributed by atoms with van der Waals surface area (Å²) in [6.07, 6.45) is 2.58. The van der Waals surface area contributed by atoms with Crippen molar-refractivity contribution in [3.05, 3.63) is 60.2 Å². The van der Waals surface area contributed by atoms with Crippen molar-refractivity contribution in [2.75, 3.05) is 31.5 Å². The molecule has 2 aromatic carbocycles. The fourth-order valence-corrected chi connectivity index (χ4v) is 4.48. The van der Waals surface area contributed by atoms with Crippen LogP contribution < -0.4 is 5.32 Å². The number of amides is 2. The van der Waals surface area contributed by atoms with Crippen molar-refractivity contribution in [1.29, 1.82) is 0 Å². The third-order valence-corrected chi connectivity index (χ3v) is 6.23. The molecule has 8 heteroatoms. The van der Waals surface area contributed by atoms with Gasteiger partial charge in [0.25, 0.3) is 11.7 Å². The highest BCUT2D eigenvalue weighted by molar-refractivity contribution is 7.99. The average molecular weight is 462 g/mol. The third-order valence-electron chi connectivity index (χ3n) is 5.51. The number of piperidine rings is 1. The number of hydrogen-bond donors (Lipinski definition) is 1. The van der Waals surface area contributed by atoms with Crippen molar-refractivity contribution >= 4 is 29.3 Å². The minimum Gasteiger partial charge on any atom is -0.339 e. The zero-order chi connectivity index (χ0) is 22.9. The standard InChI is InChI=1S/C24H29F2N3O2S/c1-2-14-29(17-22(30)27-19-8-10-21(11-9-19)32-24(25)26)20-12-15-28(16-13-20)23(31)18-6-4-3-5-7-18/h3-11,20,24H,2,12-17H2,1H3,(H,27,30). The van der Waals surface area contributed by atoms with Crippen molar-refractivity contribution in [2.24, 2.45) is 0 Å². The van der Waals surface area contributed by atoms with Gasteiger partial charge in [0.15, 0.2) is 0 Å². The number of nitrogens with one attached hydrogen (secondary N) is 1. The molecule has 1 aliphatic heterocycles. The van der Waals surface area contributed by atoms with Gasteiger partial charge >= 0.3 is 0 Å². The van der Waals surface area contributed by atoms with Gasteiger partial charge in [0.05, 0.1) is 6.54 Å². The minimum absolute atomic E-state index is 0.0530. The molecule has 5 nitrogen and oxygen atoms in total. The van der Waals surface area contributed by atoms with Crippen molar-refractivity contribution in [3.8, 4) is 0 Å². The number of anilines is 1. The summed E-state index contributed by atoms with van der Waals surface area (Å²) < 4.78 is 24.9. The zero-order valence-corrected chi connectivity index (χ0v) is 19.0. The Hall–Kier alpha value is -2.45. The van der Waals surface area contributed by atoms with E-state index >= 15 is 0 Å². The largest absolute Gasteiger partial charge is 0.339 e. The SMILES string of the molecule is CCCN(CC(=O)Nc1ccc(SC(F)F)cc1)C1CCN(C(=O)c2ccccc2)CC1. The Balaban J connectivity index is 1.52. The number of nitrogens with zero attached hydrogens (tertiary/aromatic N) is 2. The highest BCUT2D eigenvalue weighted by Gasteiger charge is 2.28. The maximum Gasteiger partial charge on any atom is 0.288 e. The first-order valence-electron chi connectivity index (χ1n) is 10.9. The average Bonchev–Trinajstić information content (AvgIpc) is 2.80. The molecule has 172 valence electrons. The summed E-state index contributed by atoms with van der Waals surface area (Å²) in [6, 6.07) is 16.0. The second-order valence-electron chi connectivity index (χ2n) is 7.81. The van der Waals surface area contributed by atoms with Gasteiger partial charge in [-0.25, -0.2) is 0 Å². The maximum absolute atomic E-state index is 12.7. The lowest BCUT2D eigenvalue weighted by Gasteiger charge is -2.38. The molecule has 0 spiro atoms. The molecule has 1 aliphatic rings. The van der Waals surface area contributed by atoms with Crippen LogP contribution in [0.2, 0.25) is 0 Å². The van der Waals surface area contributed by atoms with Gasteiger partial charge in [-0.3, -0.25) is 14.5 Å². The Morgan fingerprint density at radius 2 is 1.75 bits per heavy atom. The quantitative estimate of drug-likeness (QED) is 0.537. The van der Waals surface area contributed by atoms with Crippen molar-refractivity contribution < 1.29 is 18.4 Å². The molecule has 0 radical (unpaired) electrons. The topological polar surface area (TPSA) is 52.7 Å². The van der Waals surface area contributed by atoms with Gasteiger partial charge in [-0.05, 0) is 62.2 Å². The van der Waals surface area contributed by atoms with Crippen LogP contribution in [0, 0.1) is 0 Å². The fraction of sp³-hybridized carbons (Fsp3) is 0.417. The predicted octanol–water partition coefficient (Wildman–Crippen LogP) is 4.96. The van der Waals surface area contributed by atoms with Crippen LogP contribution in [0.3, 0.4) is 0 Å².